The van der Waals surface area contributed by atoms with Gasteiger partial charge in [-0.3, -0.25) is 10.1 Å². The number of hydrogen-bond acceptors (Lipinski definition) is 5. The Morgan fingerprint density at radius 3 is 2.16 bits per heavy atom. The number of thiocarbonyl (C=S) groups is 1. The Balaban J connectivity index is 1.48. The topological polar surface area (TPSA) is 68.8 Å². The molecule has 6 nitrogen and oxygen atoms in total. The van der Waals surface area contributed by atoms with Crippen molar-refractivity contribution >= 4 is 28.9 Å². The molecule has 0 atom stereocenters. The molecule has 7 heteroatoms. The lowest BCUT2D eigenvalue weighted by Gasteiger charge is -2.12. The first-order valence-electron chi connectivity index (χ1n) is 10.4. The van der Waals surface area contributed by atoms with Crippen LogP contribution in [-0.4, -0.2) is 30.8 Å². The van der Waals surface area contributed by atoms with Gasteiger partial charge in [0.05, 0.1) is 6.61 Å². The van der Waals surface area contributed by atoms with Crippen molar-refractivity contribution < 1.29 is 19.0 Å². The molecule has 0 saturated carbocycles. The third kappa shape index (κ3) is 7.59. The number of amides is 1. The summed E-state index contributed by atoms with van der Waals surface area (Å²) in [6.07, 6.45) is 0.926. The maximum absolute atomic E-state index is 12.6. The average Bonchev–Trinajstić information content (AvgIpc) is 2.81. The van der Waals surface area contributed by atoms with Crippen LogP contribution in [0.1, 0.15) is 23.7 Å². The second-order valence-corrected chi connectivity index (χ2v) is 7.23. The molecule has 1 amide bonds. The Morgan fingerprint density at radius 2 is 1.41 bits per heavy atom. The van der Waals surface area contributed by atoms with Gasteiger partial charge in [-0.25, -0.2) is 0 Å². The van der Waals surface area contributed by atoms with Crippen molar-refractivity contribution in [2.75, 3.05) is 25.1 Å². The Morgan fingerprint density at radius 1 is 0.781 bits per heavy atom. The second kappa shape index (κ2) is 12.3. The second-order valence-electron chi connectivity index (χ2n) is 6.82. The zero-order valence-electron chi connectivity index (χ0n) is 17.9. The van der Waals surface area contributed by atoms with Gasteiger partial charge < -0.3 is 19.5 Å². The Labute approximate surface area is 193 Å². The summed E-state index contributed by atoms with van der Waals surface area (Å²) >= 11 is 5.28. The monoisotopic (exact) mass is 450 g/mol. The molecule has 0 radical (unpaired) electrons. The van der Waals surface area contributed by atoms with Crippen molar-refractivity contribution in [1.29, 1.82) is 0 Å². The summed E-state index contributed by atoms with van der Waals surface area (Å²) in [5.74, 6) is 1.78. The summed E-state index contributed by atoms with van der Waals surface area (Å²) < 4.78 is 16.9. The number of rotatable bonds is 10. The number of anilines is 1. The maximum atomic E-state index is 12.6. The van der Waals surface area contributed by atoms with Crippen LogP contribution in [-0.2, 0) is 0 Å². The molecule has 2 N–H and O–H groups in total. The van der Waals surface area contributed by atoms with Gasteiger partial charge in [0.15, 0.2) is 5.11 Å². The van der Waals surface area contributed by atoms with E-state index in [2.05, 4.69) is 10.6 Å². The molecule has 0 bridgehead atoms. The normalized spacial score (nSPS) is 10.2. The lowest BCUT2D eigenvalue weighted by atomic mass is 10.2. The van der Waals surface area contributed by atoms with Gasteiger partial charge >= 0.3 is 0 Å². The quantitative estimate of drug-likeness (QED) is 0.332. The number of ether oxygens (including phenoxy) is 3. The highest BCUT2D eigenvalue weighted by Gasteiger charge is 2.10. The molecule has 0 aliphatic heterocycles. The zero-order valence-corrected chi connectivity index (χ0v) is 18.7. The molecule has 0 saturated heterocycles. The fourth-order valence-corrected chi connectivity index (χ4v) is 2.99. The van der Waals surface area contributed by atoms with Crippen LogP contribution in [0.2, 0.25) is 0 Å². The predicted octanol–water partition coefficient (Wildman–Crippen LogP) is 5.06. The van der Waals surface area contributed by atoms with E-state index in [4.69, 9.17) is 26.4 Å². The van der Waals surface area contributed by atoms with Crippen LogP contribution < -0.4 is 24.8 Å². The minimum atomic E-state index is -0.327. The standard InChI is InChI=1S/C25H26N2O4S/c1-2-14-29-23-13-7-9-20(18-23)26-25(32)27-24(28)19-8-6-12-22(17-19)31-16-15-30-21-10-4-3-5-11-21/h3-13,17-18H,2,14-16H2,1H3,(H2,26,27,28,32). The molecule has 3 rings (SSSR count). The van der Waals surface area contributed by atoms with Crippen molar-refractivity contribution in [3.8, 4) is 17.2 Å². The number of hydrogen-bond donors (Lipinski definition) is 2. The van der Waals surface area contributed by atoms with E-state index in [-0.39, 0.29) is 11.0 Å². The molecule has 0 heterocycles. The number of benzene rings is 3. The lowest BCUT2D eigenvalue weighted by molar-refractivity contribution is 0.0977. The van der Waals surface area contributed by atoms with E-state index in [0.29, 0.717) is 31.1 Å². The van der Waals surface area contributed by atoms with E-state index in [9.17, 15) is 4.79 Å². The summed E-state index contributed by atoms with van der Waals surface area (Å²) in [7, 11) is 0. The van der Waals surface area contributed by atoms with Crippen LogP contribution in [0.3, 0.4) is 0 Å². The van der Waals surface area contributed by atoms with Crippen molar-refractivity contribution in [2.24, 2.45) is 0 Å². The summed E-state index contributed by atoms with van der Waals surface area (Å²) in [4.78, 5) is 12.6. The van der Waals surface area contributed by atoms with Gasteiger partial charge in [0.25, 0.3) is 5.91 Å². The summed E-state index contributed by atoms with van der Waals surface area (Å²) in [5.41, 5.74) is 1.18. The third-order valence-electron chi connectivity index (χ3n) is 4.25. The fourth-order valence-electron chi connectivity index (χ4n) is 2.78. The molecular formula is C25H26N2O4S. The van der Waals surface area contributed by atoms with E-state index in [1.165, 1.54) is 0 Å². The van der Waals surface area contributed by atoms with Crippen LogP contribution in [0.4, 0.5) is 5.69 Å². The van der Waals surface area contributed by atoms with E-state index in [0.717, 1.165) is 23.6 Å². The molecular weight excluding hydrogens is 424 g/mol. The van der Waals surface area contributed by atoms with Gasteiger partial charge in [0.2, 0.25) is 0 Å². The highest BCUT2D eigenvalue weighted by molar-refractivity contribution is 7.80. The molecule has 3 aromatic carbocycles. The minimum absolute atomic E-state index is 0.199. The molecule has 0 aromatic heterocycles. The van der Waals surface area contributed by atoms with Gasteiger partial charge in [-0.1, -0.05) is 37.3 Å². The first kappa shape index (κ1) is 23.1. The van der Waals surface area contributed by atoms with Gasteiger partial charge in [-0.15, -0.1) is 0 Å². The van der Waals surface area contributed by atoms with Crippen LogP contribution in [0.5, 0.6) is 17.2 Å². The van der Waals surface area contributed by atoms with Crippen molar-refractivity contribution in [3.63, 3.8) is 0 Å². The molecule has 166 valence electrons. The van der Waals surface area contributed by atoms with Crippen LogP contribution in [0, 0.1) is 0 Å². The van der Waals surface area contributed by atoms with Crippen molar-refractivity contribution in [3.05, 3.63) is 84.4 Å². The number of carbonyl (C=O) groups is 1. The maximum Gasteiger partial charge on any atom is 0.257 e. The molecule has 32 heavy (non-hydrogen) atoms. The lowest BCUT2D eigenvalue weighted by Crippen LogP contribution is -2.34. The smallest absolute Gasteiger partial charge is 0.257 e. The number of para-hydroxylation sites is 1. The van der Waals surface area contributed by atoms with E-state index >= 15 is 0 Å². The average molecular weight is 451 g/mol. The Kier molecular flexibility index (Phi) is 8.89. The van der Waals surface area contributed by atoms with Crippen molar-refractivity contribution in [2.45, 2.75) is 13.3 Å². The number of carbonyl (C=O) groups excluding carboxylic acids is 1. The first-order valence-corrected chi connectivity index (χ1v) is 10.8. The van der Waals surface area contributed by atoms with Crippen molar-refractivity contribution in [1.82, 2.24) is 5.32 Å². The molecule has 0 fully saturated rings. The highest BCUT2D eigenvalue weighted by atomic mass is 32.1. The minimum Gasteiger partial charge on any atom is -0.494 e. The van der Waals surface area contributed by atoms with E-state index in [1.807, 2.05) is 61.5 Å². The van der Waals surface area contributed by atoms with Crippen LogP contribution in [0.25, 0.3) is 0 Å². The number of nitrogens with one attached hydrogen (secondary N) is 2. The van der Waals surface area contributed by atoms with Gasteiger partial charge in [0, 0.05) is 17.3 Å². The summed E-state index contributed by atoms with van der Waals surface area (Å²) in [6.45, 7) is 3.44. The SMILES string of the molecule is CCCOc1cccc(NC(=S)NC(=O)c2cccc(OCCOc3ccccc3)c2)c1. The first-order chi connectivity index (χ1) is 15.6. The predicted molar refractivity (Wildman–Crippen MR) is 130 cm³/mol. The largest absolute Gasteiger partial charge is 0.494 e. The van der Waals surface area contributed by atoms with Crippen LogP contribution in [0.15, 0.2) is 78.9 Å². The van der Waals surface area contributed by atoms with Gasteiger partial charge in [-0.2, -0.15) is 0 Å². The molecule has 0 unspecified atom stereocenters. The molecule has 0 aliphatic carbocycles. The Bertz CT molecular complexity index is 1030. The van der Waals surface area contributed by atoms with Crippen LogP contribution >= 0.6 is 12.2 Å². The molecule has 0 spiro atoms. The zero-order chi connectivity index (χ0) is 22.6. The van der Waals surface area contributed by atoms with E-state index < -0.39 is 0 Å². The molecule has 3 aromatic rings. The fraction of sp³-hybridized carbons (Fsp3) is 0.200. The third-order valence-corrected chi connectivity index (χ3v) is 4.46. The highest BCUT2D eigenvalue weighted by Crippen LogP contribution is 2.18. The van der Waals surface area contributed by atoms with Gasteiger partial charge in [0.1, 0.15) is 30.5 Å². The summed E-state index contributed by atoms with van der Waals surface area (Å²) in [5, 5.41) is 5.89. The van der Waals surface area contributed by atoms with E-state index in [1.54, 1.807) is 24.3 Å². The summed E-state index contributed by atoms with van der Waals surface area (Å²) in [6, 6.07) is 23.9. The Hall–Kier alpha value is -3.58. The van der Waals surface area contributed by atoms with Gasteiger partial charge in [-0.05, 0) is 61.1 Å². The molecule has 0 aliphatic rings.